The van der Waals surface area contributed by atoms with E-state index in [0.717, 1.165) is 16.3 Å². The first-order valence-corrected chi connectivity index (χ1v) is 9.41. The molecule has 28 heavy (non-hydrogen) atoms. The zero-order valence-corrected chi connectivity index (χ0v) is 16.8. The number of hydrogen-bond acceptors (Lipinski definition) is 8. The Morgan fingerprint density at radius 2 is 1.64 bits per heavy atom. The molecule has 0 aliphatic rings. The Labute approximate surface area is 167 Å². The molecule has 1 amide bonds. The molecule has 0 N–H and O–H groups in total. The minimum atomic E-state index is -0.620. The molecule has 0 saturated heterocycles. The standard InChI is InChI=1S/C18H22N4O5S/c1-13-19-20-18(22(13)9-14-7-5-4-6-8-14)28-12-15(23)21(10-16(24)26-2)11-17(25)27-3/h4-8H,9-12H2,1-3H3. The number of carbonyl (C=O) groups excluding carboxylic acids is 3. The molecule has 0 aliphatic carbocycles. The predicted octanol–water partition coefficient (Wildman–Crippen LogP) is 0.902. The van der Waals surface area contributed by atoms with Crippen LogP contribution in [-0.4, -0.2) is 70.6 Å². The van der Waals surface area contributed by atoms with Crippen molar-refractivity contribution in [2.45, 2.75) is 18.6 Å². The molecular weight excluding hydrogens is 384 g/mol. The van der Waals surface area contributed by atoms with Gasteiger partial charge in [-0.3, -0.25) is 14.4 Å². The van der Waals surface area contributed by atoms with Gasteiger partial charge in [0.25, 0.3) is 0 Å². The van der Waals surface area contributed by atoms with Crippen LogP contribution in [0.2, 0.25) is 0 Å². The van der Waals surface area contributed by atoms with Crippen LogP contribution in [0.5, 0.6) is 0 Å². The molecule has 1 aromatic carbocycles. The Kier molecular flexibility index (Phi) is 8.00. The lowest BCUT2D eigenvalue weighted by atomic mass is 10.2. The Morgan fingerprint density at radius 3 is 2.21 bits per heavy atom. The number of methoxy groups -OCH3 is 2. The third-order valence-electron chi connectivity index (χ3n) is 3.86. The molecule has 10 heteroatoms. The van der Waals surface area contributed by atoms with Gasteiger partial charge in [-0.1, -0.05) is 42.1 Å². The Morgan fingerprint density at radius 1 is 1.04 bits per heavy atom. The van der Waals surface area contributed by atoms with Crippen molar-refractivity contribution in [1.82, 2.24) is 19.7 Å². The number of hydrogen-bond donors (Lipinski definition) is 0. The van der Waals surface area contributed by atoms with Crippen molar-refractivity contribution < 1.29 is 23.9 Å². The predicted molar refractivity (Wildman–Crippen MR) is 102 cm³/mol. The lowest BCUT2D eigenvalue weighted by Crippen LogP contribution is -2.41. The summed E-state index contributed by atoms with van der Waals surface area (Å²) in [7, 11) is 2.43. The molecule has 0 atom stereocenters. The summed E-state index contributed by atoms with van der Waals surface area (Å²) in [5.41, 5.74) is 1.08. The Hall–Kier alpha value is -2.88. The molecule has 2 aromatic rings. The van der Waals surface area contributed by atoms with Crippen LogP contribution in [0.25, 0.3) is 0 Å². The van der Waals surface area contributed by atoms with Crippen molar-refractivity contribution in [3.05, 3.63) is 41.7 Å². The molecule has 9 nitrogen and oxygen atoms in total. The van der Waals surface area contributed by atoms with E-state index in [9.17, 15) is 14.4 Å². The number of ether oxygens (including phenoxy) is 2. The highest BCUT2D eigenvalue weighted by Crippen LogP contribution is 2.19. The minimum Gasteiger partial charge on any atom is -0.468 e. The number of amides is 1. The van der Waals surface area contributed by atoms with Crippen LogP contribution < -0.4 is 0 Å². The second-order valence-electron chi connectivity index (χ2n) is 5.79. The number of nitrogens with zero attached hydrogens (tertiary/aromatic N) is 4. The SMILES string of the molecule is COC(=O)CN(CC(=O)OC)C(=O)CSc1nnc(C)n1Cc1ccccc1. The van der Waals surface area contributed by atoms with Crippen LogP contribution in [0.4, 0.5) is 0 Å². The molecular formula is C18H22N4O5S. The van der Waals surface area contributed by atoms with Crippen LogP contribution in [0.15, 0.2) is 35.5 Å². The number of aromatic nitrogens is 3. The fourth-order valence-electron chi connectivity index (χ4n) is 2.31. The van der Waals surface area contributed by atoms with Gasteiger partial charge >= 0.3 is 11.9 Å². The van der Waals surface area contributed by atoms with E-state index in [2.05, 4.69) is 19.7 Å². The third kappa shape index (κ3) is 6.08. The zero-order valence-electron chi connectivity index (χ0n) is 16.0. The summed E-state index contributed by atoms with van der Waals surface area (Å²) in [6.07, 6.45) is 0. The first-order chi connectivity index (χ1) is 13.4. The van der Waals surface area contributed by atoms with Crippen LogP contribution in [0.3, 0.4) is 0 Å². The maximum atomic E-state index is 12.5. The summed E-state index contributed by atoms with van der Waals surface area (Å²) in [6.45, 7) is 1.74. The van der Waals surface area contributed by atoms with Gasteiger partial charge in [0.05, 0.1) is 26.5 Å². The van der Waals surface area contributed by atoms with E-state index < -0.39 is 17.8 Å². The molecule has 0 aliphatic heterocycles. The molecule has 0 fully saturated rings. The Bertz CT molecular complexity index is 807. The molecule has 0 spiro atoms. The molecule has 150 valence electrons. The highest BCUT2D eigenvalue weighted by Gasteiger charge is 2.22. The Balaban J connectivity index is 2.05. The first-order valence-electron chi connectivity index (χ1n) is 8.42. The van der Waals surface area contributed by atoms with Gasteiger partial charge in [0, 0.05) is 0 Å². The van der Waals surface area contributed by atoms with Crippen molar-refractivity contribution in [3.8, 4) is 0 Å². The fraction of sp³-hybridized carbons (Fsp3) is 0.389. The molecule has 1 aromatic heterocycles. The number of rotatable bonds is 9. The van der Waals surface area contributed by atoms with Gasteiger partial charge in [0.1, 0.15) is 18.9 Å². The lowest BCUT2D eigenvalue weighted by molar-refractivity contribution is -0.151. The van der Waals surface area contributed by atoms with Gasteiger partial charge in [0.2, 0.25) is 5.91 Å². The van der Waals surface area contributed by atoms with Gasteiger partial charge in [-0.25, -0.2) is 0 Å². The summed E-state index contributed by atoms with van der Waals surface area (Å²) >= 11 is 1.19. The van der Waals surface area contributed by atoms with Crippen molar-refractivity contribution in [1.29, 1.82) is 0 Å². The van der Waals surface area contributed by atoms with E-state index in [0.29, 0.717) is 11.7 Å². The van der Waals surface area contributed by atoms with E-state index in [1.54, 1.807) is 0 Å². The zero-order chi connectivity index (χ0) is 20.5. The maximum Gasteiger partial charge on any atom is 0.325 e. The van der Waals surface area contributed by atoms with Gasteiger partial charge in [-0.2, -0.15) is 0 Å². The number of benzene rings is 1. The molecule has 0 bridgehead atoms. The van der Waals surface area contributed by atoms with Gasteiger partial charge in [0.15, 0.2) is 5.16 Å². The highest BCUT2D eigenvalue weighted by atomic mass is 32.2. The van der Waals surface area contributed by atoms with Crippen molar-refractivity contribution in [3.63, 3.8) is 0 Å². The summed E-state index contributed by atoms with van der Waals surface area (Å²) < 4.78 is 11.1. The first kappa shape index (κ1) is 21.4. The van der Waals surface area contributed by atoms with Gasteiger partial charge in [-0.15, -0.1) is 10.2 Å². The number of aryl methyl sites for hydroxylation is 1. The molecule has 0 radical (unpaired) electrons. The largest absolute Gasteiger partial charge is 0.468 e. The van der Waals surface area contributed by atoms with E-state index in [4.69, 9.17) is 0 Å². The average Bonchev–Trinajstić information content (AvgIpc) is 3.05. The average molecular weight is 406 g/mol. The number of thioether (sulfide) groups is 1. The fourth-order valence-corrected chi connectivity index (χ4v) is 3.19. The van der Waals surface area contributed by atoms with Crippen LogP contribution in [0.1, 0.15) is 11.4 Å². The molecule has 2 rings (SSSR count). The van der Waals surface area contributed by atoms with Crippen LogP contribution in [-0.2, 0) is 30.4 Å². The van der Waals surface area contributed by atoms with Gasteiger partial charge < -0.3 is 18.9 Å². The maximum absolute atomic E-state index is 12.5. The van der Waals surface area contributed by atoms with Gasteiger partial charge in [-0.05, 0) is 12.5 Å². The van der Waals surface area contributed by atoms with Crippen molar-refractivity contribution >= 4 is 29.6 Å². The van der Waals surface area contributed by atoms with Crippen LogP contribution in [0, 0.1) is 6.92 Å². The highest BCUT2D eigenvalue weighted by molar-refractivity contribution is 7.99. The topological polar surface area (TPSA) is 104 Å². The van der Waals surface area contributed by atoms with Crippen molar-refractivity contribution in [2.24, 2.45) is 0 Å². The molecule has 1 heterocycles. The summed E-state index contributed by atoms with van der Waals surface area (Å²) in [5, 5.41) is 8.77. The molecule has 0 unspecified atom stereocenters. The third-order valence-corrected chi connectivity index (χ3v) is 4.81. The summed E-state index contributed by atoms with van der Waals surface area (Å²) in [5.74, 6) is -0.941. The molecule has 0 saturated carbocycles. The quantitative estimate of drug-likeness (QED) is 0.447. The van der Waals surface area contributed by atoms with E-state index in [-0.39, 0.29) is 18.8 Å². The normalized spacial score (nSPS) is 10.4. The second-order valence-corrected chi connectivity index (χ2v) is 6.73. The summed E-state index contributed by atoms with van der Waals surface area (Å²) in [4.78, 5) is 36.7. The number of carbonyl (C=O) groups is 3. The van der Waals surface area contributed by atoms with Crippen molar-refractivity contribution in [2.75, 3.05) is 33.1 Å². The smallest absolute Gasteiger partial charge is 0.325 e. The summed E-state index contributed by atoms with van der Waals surface area (Å²) in [6, 6.07) is 9.82. The van der Waals surface area contributed by atoms with E-state index in [1.807, 2.05) is 41.8 Å². The number of esters is 2. The lowest BCUT2D eigenvalue weighted by Gasteiger charge is -2.19. The second kappa shape index (κ2) is 10.5. The monoisotopic (exact) mass is 406 g/mol. The van der Waals surface area contributed by atoms with E-state index in [1.165, 1.54) is 26.0 Å². The minimum absolute atomic E-state index is 0.0130. The van der Waals surface area contributed by atoms with Crippen LogP contribution >= 0.6 is 11.8 Å². The van der Waals surface area contributed by atoms with E-state index >= 15 is 0 Å².